The molecule has 2 aromatic heterocycles. The van der Waals surface area contributed by atoms with Gasteiger partial charge in [-0.2, -0.15) is 0 Å². The van der Waals surface area contributed by atoms with E-state index in [9.17, 15) is 14.4 Å². The first-order valence-electron chi connectivity index (χ1n) is 20.2. The zero-order valence-corrected chi connectivity index (χ0v) is 34.2. The number of carbonyl (C=O) groups is 1. The van der Waals surface area contributed by atoms with Crippen LogP contribution in [0.3, 0.4) is 0 Å². The van der Waals surface area contributed by atoms with Gasteiger partial charge in [-0.3, -0.25) is 14.3 Å². The van der Waals surface area contributed by atoms with Gasteiger partial charge in [0.25, 0.3) is 5.56 Å². The Kier molecular flexibility index (Phi) is 23.1. The van der Waals surface area contributed by atoms with E-state index >= 15 is 0 Å². The topological polar surface area (TPSA) is 182 Å². The second-order valence-corrected chi connectivity index (χ2v) is 13.6. The van der Waals surface area contributed by atoms with Crippen molar-refractivity contribution in [3.05, 3.63) is 56.7 Å². The fraction of sp³-hybridized carbons (Fsp3) is 0.659. The van der Waals surface area contributed by atoms with Gasteiger partial charge >= 0.3 is 11.7 Å². The molecular formula is C41H62N4O13. The van der Waals surface area contributed by atoms with E-state index in [2.05, 4.69) is 4.98 Å². The molecule has 3 aromatic rings. The predicted octanol–water partition coefficient (Wildman–Crippen LogP) is 3.01. The number of esters is 1. The zero-order chi connectivity index (χ0) is 41.0. The maximum absolute atomic E-state index is 12.8. The Morgan fingerprint density at radius 2 is 1.16 bits per heavy atom. The molecule has 4 rings (SSSR count). The fourth-order valence-corrected chi connectivity index (χ4v) is 6.24. The summed E-state index contributed by atoms with van der Waals surface area (Å²) in [4.78, 5) is 45.0. The Bertz CT molecular complexity index is 1720. The van der Waals surface area contributed by atoms with E-state index in [1.807, 2.05) is 24.3 Å². The van der Waals surface area contributed by atoms with Crippen LogP contribution in [0.4, 0.5) is 0 Å². The van der Waals surface area contributed by atoms with Crippen molar-refractivity contribution in [2.45, 2.75) is 38.6 Å². The second kappa shape index (κ2) is 28.6. The molecule has 1 N–H and O–H groups in total. The summed E-state index contributed by atoms with van der Waals surface area (Å²) in [6.07, 6.45) is 8.68. The lowest BCUT2D eigenvalue weighted by molar-refractivity contribution is -0.139. The van der Waals surface area contributed by atoms with Crippen LogP contribution in [0.2, 0.25) is 0 Å². The molecule has 0 saturated heterocycles. The number of hydrogen-bond donors (Lipinski definition) is 1. The third kappa shape index (κ3) is 17.6. The number of carbonyl (C=O) groups excluding carboxylic acids is 1. The first-order valence-corrected chi connectivity index (χ1v) is 20.2. The molecule has 0 aliphatic heterocycles. The van der Waals surface area contributed by atoms with Gasteiger partial charge in [0.15, 0.2) is 11.2 Å². The van der Waals surface area contributed by atoms with Crippen molar-refractivity contribution in [3.63, 3.8) is 0 Å². The highest BCUT2D eigenvalue weighted by Gasteiger charge is 2.21. The zero-order valence-electron chi connectivity index (χ0n) is 34.2. The summed E-state index contributed by atoms with van der Waals surface area (Å²) >= 11 is 0. The largest absolute Gasteiger partial charge is 0.460 e. The third-order valence-electron chi connectivity index (χ3n) is 9.27. The minimum Gasteiger partial charge on any atom is -0.460 e. The minimum absolute atomic E-state index is 0.115. The van der Waals surface area contributed by atoms with Gasteiger partial charge in [0.1, 0.15) is 12.4 Å². The van der Waals surface area contributed by atoms with Gasteiger partial charge in [-0.05, 0) is 30.4 Å². The summed E-state index contributed by atoms with van der Waals surface area (Å²) in [6, 6.07) is 7.42. The van der Waals surface area contributed by atoms with Crippen molar-refractivity contribution >= 4 is 23.2 Å². The highest BCUT2D eigenvalue weighted by atomic mass is 16.6. The molecule has 324 valence electrons. The number of imidazole rings is 1. The van der Waals surface area contributed by atoms with E-state index < -0.39 is 17.2 Å². The molecule has 17 heteroatoms. The fourth-order valence-electron chi connectivity index (χ4n) is 6.24. The summed E-state index contributed by atoms with van der Waals surface area (Å²) in [5.41, 5.74) is 1.45. The molecule has 0 atom stereocenters. The van der Waals surface area contributed by atoms with Crippen molar-refractivity contribution in [3.8, 4) is 11.4 Å². The molecule has 0 spiro atoms. The van der Waals surface area contributed by atoms with Gasteiger partial charge in [0, 0.05) is 32.3 Å². The second-order valence-electron chi connectivity index (χ2n) is 13.6. The normalized spacial score (nSPS) is 13.6. The number of rotatable bonds is 32. The first-order chi connectivity index (χ1) is 28.5. The molecule has 1 saturated carbocycles. The Hall–Kier alpha value is -3.78. The Balaban J connectivity index is 0.962. The minimum atomic E-state index is -0.484. The standard InChI is InChI=1S/C41H62N4O13/c1-44-37-39(45(41(48)43-40(37)47)32-34-6-4-3-5-7-34)42-38(44)35-11-8-33(9-12-35)10-13-36(46)58-31-30-57-29-28-56-27-26-55-25-24-54-23-22-53-21-20-52-19-18-51-17-16-50-15-14-49-2/h8-13,34H,3-7,14-32H2,1-2H3,(H,43,47,48)/b13-10+. The van der Waals surface area contributed by atoms with Crippen LogP contribution in [0.5, 0.6) is 0 Å². The molecule has 1 aromatic carbocycles. The monoisotopic (exact) mass is 818 g/mol. The van der Waals surface area contributed by atoms with Gasteiger partial charge in [0.05, 0.1) is 112 Å². The number of aromatic amines is 1. The van der Waals surface area contributed by atoms with Crippen LogP contribution in [-0.4, -0.2) is 151 Å². The Morgan fingerprint density at radius 1 is 0.690 bits per heavy atom. The Morgan fingerprint density at radius 3 is 1.64 bits per heavy atom. The molecule has 1 fully saturated rings. The molecule has 0 amide bonds. The molecule has 2 heterocycles. The number of benzene rings is 1. The van der Waals surface area contributed by atoms with Crippen molar-refractivity contribution < 1.29 is 52.2 Å². The molecule has 58 heavy (non-hydrogen) atoms. The van der Waals surface area contributed by atoms with Gasteiger partial charge in [-0.25, -0.2) is 14.6 Å². The van der Waals surface area contributed by atoms with Gasteiger partial charge in [-0.1, -0.05) is 43.5 Å². The highest BCUT2D eigenvalue weighted by molar-refractivity contribution is 5.87. The van der Waals surface area contributed by atoms with Crippen LogP contribution in [0.1, 0.15) is 37.7 Å². The number of H-pyrrole nitrogens is 1. The van der Waals surface area contributed by atoms with Crippen LogP contribution in [0, 0.1) is 5.92 Å². The Labute approximate surface area is 339 Å². The lowest BCUT2D eigenvalue weighted by atomic mass is 9.89. The van der Waals surface area contributed by atoms with Gasteiger partial charge in [0.2, 0.25) is 0 Å². The van der Waals surface area contributed by atoms with Crippen molar-refractivity contribution in [1.29, 1.82) is 0 Å². The number of hydrogen-bond acceptors (Lipinski definition) is 14. The average molecular weight is 819 g/mol. The van der Waals surface area contributed by atoms with E-state index in [0.29, 0.717) is 135 Å². The average Bonchev–Trinajstić information content (AvgIpc) is 3.58. The molecule has 1 aliphatic carbocycles. The smallest absolute Gasteiger partial charge is 0.330 e. The molecule has 0 radical (unpaired) electrons. The van der Waals surface area contributed by atoms with Crippen LogP contribution >= 0.6 is 0 Å². The number of nitrogens with zero attached hydrogens (tertiary/aromatic N) is 3. The third-order valence-corrected chi connectivity index (χ3v) is 9.27. The quantitative estimate of drug-likeness (QED) is 0.0552. The maximum Gasteiger partial charge on any atom is 0.330 e. The van der Waals surface area contributed by atoms with E-state index in [1.54, 1.807) is 29.4 Å². The molecule has 17 nitrogen and oxygen atoms in total. The molecular weight excluding hydrogens is 756 g/mol. The molecule has 1 aliphatic rings. The van der Waals surface area contributed by atoms with Gasteiger partial charge in [-0.15, -0.1) is 0 Å². The lowest BCUT2D eigenvalue weighted by Crippen LogP contribution is -2.33. The summed E-state index contributed by atoms with van der Waals surface area (Å²) < 4.78 is 57.0. The number of methoxy groups -OCH3 is 1. The highest BCUT2D eigenvalue weighted by Crippen LogP contribution is 2.27. The number of aryl methyl sites for hydroxylation is 1. The SMILES string of the molecule is COCCOCCOCCOCCOCCOCCOCCOCCOCCOC(=O)/C=C/c1ccc(-c2nc3c(c(=O)[nH]c(=O)n3CC3CCCCC3)n2C)cc1. The van der Waals surface area contributed by atoms with Crippen LogP contribution in [0.15, 0.2) is 39.9 Å². The van der Waals surface area contributed by atoms with Crippen LogP contribution in [-0.2, 0) is 65.8 Å². The van der Waals surface area contributed by atoms with Crippen molar-refractivity contribution in [2.24, 2.45) is 13.0 Å². The maximum atomic E-state index is 12.8. The number of ether oxygens (including phenoxy) is 10. The summed E-state index contributed by atoms with van der Waals surface area (Å²) in [5.74, 6) is 0.482. The van der Waals surface area contributed by atoms with Gasteiger partial charge < -0.3 is 51.9 Å². The number of aromatic nitrogens is 4. The van der Waals surface area contributed by atoms with E-state index in [1.165, 1.54) is 12.5 Å². The summed E-state index contributed by atoms with van der Waals surface area (Å²) in [5, 5.41) is 0. The molecule has 0 unspecified atom stereocenters. The molecule has 0 bridgehead atoms. The first kappa shape index (κ1) is 46.9. The summed E-state index contributed by atoms with van der Waals surface area (Å²) in [7, 11) is 3.41. The van der Waals surface area contributed by atoms with Crippen LogP contribution < -0.4 is 11.2 Å². The number of nitrogens with one attached hydrogen (secondary N) is 1. The summed E-state index contributed by atoms with van der Waals surface area (Å²) in [6.45, 7) is 8.68. The number of fused-ring (bicyclic) bond motifs is 1. The van der Waals surface area contributed by atoms with E-state index in [4.69, 9.17) is 52.4 Å². The predicted molar refractivity (Wildman–Crippen MR) is 216 cm³/mol. The van der Waals surface area contributed by atoms with Crippen molar-refractivity contribution in [1.82, 2.24) is 19.1 Å². The van der Waals surface area contributed by atoms with Crippen molar-refractivity contribution in [2.75, 3.05) is 126 Å². The van der Waals surface area contributed by atoms with E-state index in [-0.39, 0.29) is 13.2 Å². The van der Waals surface area contributed by atoms with Crippen LogP contribution in [0.25, 0.3) is 28.6 Å². The van der Waals surface area contributed by atoms with E-state index in [0.717, 1.165) is 36.8 Å². The lowest BCUT2D eigenvalue weighted by Gasteiger charge is -2.22.